The van der Waals surface area contributed by atoms with Crippen molar-refractivity contribution in [1.29, 1.82) is 0 Å². The maximum atomic E-state index is 14.5. The Morgan fingerprint density at radius 2 is 1.88 bits per heavy atom. The van der Waals surface area contributed by atoms with Crippen LogP contribution in [0.1, 0.15) is 42.3 Å². The summed E-state index contributed by atoms with van der Waals surface area (Å²) in [4.78, 5) is 17.3. The van der Waals surface area contributed by atoms with E-state index in [0.29, 0.717) is 40.9 Å². The first kappa shape index (κ1) is 21.1. The van der Waals surface area contributed by atoms with Crippen LogP contribution in [0, 0.1) is 5.82 Å². The van der Waals surface area contributed by atoms with Gasteiger partial charge in [-0.25, -0.2) is 14.2 Å². The van der Waals surface area contributed by atoms with Gasteiger partial charge in [0, 0.05) is 16.5 Å². The number of fused-ring (bicyclic) bond motifs is 4. The maximum Gasteiger partial charge on any atom is 0.336 e. The number of ether oxygens (including phenoxy) is 1. The van der Waals surface area contributed by atoms with Gasteiger partial charge in [-0.05, 0) is 65.8 Å². The van der Waals surface area contributed by atoms with Crippen LogP contribution >= 0.6 is 0 Å². The maximum absolute atomic E-state index is 14.5. The monoisotopic (exact) mass is 441 g/mol. The van der Waals surface area contributed by atoms with Gasteiger partial charge in [-0.3, -0.25) is 0 Å². The quantitative estimate of drug-likeness (QED) is 0.386. The molecule has 1 aliphatic carbocycles. The Bertz CT molecular complexity index is 1420. The van der Waals surface area contributed by atoms with Crippen LogP contribution in [0.15, 0.2) is 60.7 Å². The van der Waals surface area contributed by atoms with Gasteiger partial charge in [0.25, 0.3) is 0 Å². The lowest BCUT2D eigenvalue weighted by molar-refractivity contribution is 0.0697. The van der Waals surface area contributed by atoms with Gasteiger partial charge >= 0.3 is 5.97 Å². The number of carbonyl (C=O) groups is 1. The van der Waals surface area contributed by atoms with E-state index in [4.69, 9.17) is 9.72 Å². The van der Waals surface area contributed by atoms with Crippen molar-refractivity contribution in [2.45, 2.75) is 32.6 Å². The van der Waals surface area contributed by atoms with Crippen molar-refractivity contribution in [1.82, 2.24) is 4.98 Å². The molecule has 4 nitrogen and oxygen atoms in total. The molecule has 0 aliphatic heterocycles. The molecule has 1 N–H and O–H groups in total. The van der Waals surface area contributed by atoms with Crippen LogP contribution in [-0.2, 0) is 11.8 Å². The summed E-state index contributed by atoms with van der Waals surface area (Å²) in [6, 6.07) is 17.9. The summed E-state index contributed by atoms with van der Waals surface area (Å²) in [7, 11) is 0. The first-order chi connectivity index (χ1) is 15.8. The molecule has 5 rings (SSSR count). The molecule has 0 bridgehead atoms. The fraction of sp³-hybridized carbons (Fsp3) is 0.214. The largest absolute Gasteiger partial charge is 0.494 e. The third kappa shape index (κ3) is 3.44. The van der Waals surface area contributed by atoms with Crippen LogP contribution in [0.25, 0.3) is 33.3 Å². The summed E-state index contributed by atoms with van der Waals surface area (Å²) in [5, 5.41) is 10.8. The molecule has 5 heteroatoms. The van der Waals surface area contributed by atoms with Crippen LogP contribution in [0.3, 0.4) is 0 Å². The molecule has 33 heavy (non-hydrogen) atoms. The Labute approximate surface area is 191 Å². The van der Waals surface area contributed by atoms with E-state index in [-0.39, 0.29) is 16.8 Å². The van der Waals surface area contributed by atoms with E-state index in [0.717, 1.165) is 22.3 Å². The van der Waals surface area contributed by atoms with E-state index in [9.17, 15) is 14.3 Å². The minimum absolute atomic E-state index is 0.270. The number of nitrogens with zero attached hydrogens (tertiary/aromatic N) is 1. The summed E-state index contributed by atoms with van der Waals surface area (Å²) in [6.07, 6.45) is 0.513. The number of rotatable bonds is 4. The molecule has 1 heterocycles. The molecule has 0 atom stereocenters. The third-order valence-electron chi connectivity index (χ3n) is 6.39. The van der Waals surface area contributed by atoms with Crippen molar-refractivity contribution in [3.05, 3.63) is 83.2 Å². The van der Waals surface area contributed by atoms with Crippen molar-refractivity contribution in [2.75, 3.05) is 6.61 Å². The molecule has 0 unspecified atom stereocenters. The minimum Gasteiger partial charge on any atom is -0.494 e. The standard InChI is InChI=1S/C28H24FNO3/c1-4-33-17-10-12-24-20(14-17)25(27(31)32)21-15-28(2,3)22-13-16(9-11-19(22)26(21)30-24)18-7-5-6-8-23(18)29/h5-14H,4,15H2,1-3H3,(H,31,32). The van der Waals surface area contributed by atoms with E-state index < -0.39 is 5.97 Å². The molecule has 1 aliphatic rings. The zero-order valence-electron chi connectivity index (χ0n) is 18.8. The van der Waals surface area contributed by atoms with Gasteiger partial charge in [-0.2, -0.15) is 0 Å². The van der Waals surface area contributed by atoms with Gasteiger partial charge in [0.15, 0.2) is 0 Å². The number of benzene rings is 3. The van der Waals surface area contributed by atoms with Crippen molar-refractivity contribution < 1.29 is 19.0 Å². The Kier molecular flexibility index (Phi) is 4.93. The molecular weight excluding hydrogens is 417 g/mol. The third-order valence-corrected chi connectivity index (χ3v) is 6.39. The van der Waals surface area contributed by atoms with Crippen LogP contribution in [-0.4, -0.2) is 22.7 Å². The van der Waals surface area contributed by atoms with Gasteiger partial charge in [0.2, 0.25) is 0 Å². The fourth-order valence-electron chi connectivity index (χ4n) is 4.89. The van der Waals surface area contributed by atoms with Crippen LogP contribution in [0.5, 0.6) is 5.75 Å². The second kappa shape index (κ2) is 7.69. The van der Waals surface area contributed by atoms with Gasteiger partial charge in [-0.15, -0.1) is 0 Å². The zero-order valence-corrected chi connectivity index (χ0v) is 18.8. The number of hydrogen-bond donors (Lipinski definition) is 1. The highest BCUT2D eigenvalue weighted by atomic mass is 19.1. The molecule has 1 aromatic heterocycles. The van der Waals surface area contributed by atoms with E-state index in [2.05, 4.69) is 13.8 Å². The predicted octanol–water partition coefficient (Wildman–Crippen LogP) is 6.64. The first-order valence-corrected chi connectivity index (χ1v) is 11.0. The van der Waals surface area contributed by atoms with Crippen LogP contribution < -0.4 is 4.74 Å². The number of carboxylic acids is 1. The topological polar surface area (TPSA) is 59.4 Å². The Hall–Kier alpha value is -3.73. The Morgan fingerprint density at radius 3 is 2.61 bits per heavy atom. The lowest BCUT2D eigenvalue weighted by Crippen LogP contribution is -2.28. The van der Waals surface area contributed by atoms with Gasteiger partial charge < -0.3 is 9.84 Å². The van der Waals surface area contributed by atoms with Gasteiger partial charge in [-0.1, -0.05) is 44.2 Å². The number of hydrogen-bond acceptors (Lipinski definition) is 3. The predicted molar refractivity (Wildman–Crippen MR) is 127 cm³/mol. The summed E-state index contributed by atoms with van der Waals surface area (Å²) in [5.41, 5.74) is 5.18. The molecule has 0 spiro atoms. The summed E-state index contributed by atoms with van der Waals surface area (Å²) in [6.45, 7) is 6.57. The number of halogens is 1. The lowest BCUT2D eigenvalue weighted by Gasteiger charge is -2.35. The average molecular weight is 442 g/mol. The minimum atomic E-state index is -0.977. The molecule has 3 aromatic carbocycles. The molecule has 0 radical (unpaired) electrons. The van der Waals surface area contributed by atoms with Crippen LogP contribution in [0.2, 0.25) is 0 Å². The zero-order chi connectivity index (χ0) is 23.3. The molecule has 166 valence electrons. The second-order valence-electron chi connectivity index (χ2n) is 9.03. The summed E-state index contributed by atoms with van der Waals surface area (Å²) >= 11 is 0. The van der Waals surface area contributed by atoms with E-state index >= 15 is 0 Å². The van der Waals surface area contributed by atoms with Crippen molar-refractivity contribution >= 4 is 16.9 Å². The normalized spacial score (nSPS) is 13.9. The molecule has 0 fully saturated rings. The lowest BCUT2D eigenvalue weighted by atomic mass is 9.69. The molecule has 0 saturated heterocycles. The van der Waals surface area contributed by atoms with Crippen molar-refractivity contribution in [2.24, 2.45) is 0 Å². The van der Waals surface area contributed by atoms with Gasteiger partial charge in [0.05, 0.1) is 23.4 Å². The first-order valence-electron chi connectivity index (χ1n) is 11.0. The summed E-state index contributed by atoms with van der Waals surface area (Å²) < 4.78 is 20.1. The Morgan fingerprint density at radius 1 is 1.09 bits per heavy atom. The van der Waals surface area contributed by atoms with Crippen LogP contribution in [0.4, 0.5) is 4.39 Å². The fourth-order valence-corrected chi connectivity index (χ4v) is 4.89. The highest BCUT2D eigenvalue weighted by Crippen LogP contribution is 2.46. The van der Waals surface area contributed by atoms with Gasteiger partial charge in [0.1, 0.15) is 11.6 Å². The molecule has 0 amide bonds. The van der Waals surface area contributed by atoms with Crippen molar-refractivity contribution in [3.63, 3.8) is 0 Å². The second-order valence-corrected chi connectivity index (χ2v) is 9.03. The van der Waals surface area contributed by atoms with E-state index in [1.165, 1.54) is 6.07 Å². The molecular formula is C28H24FNO3. The highest BCUT2D eigenvalue weighted by molar-refractivity contribution is 6.06. The number of aromatic carboxylic acids is 1. The molecule has 0 saturated carbocycles. The molecule has 4 aromatic rings. The van der Waals surface area contributed by atoms with Crippen molar-refractivity contribution in [3.8, 4) is 28.1 Å². The Balaban J connectivity index is 1.78. The van der Waals surface area contributed by atoms with E-state index in [1.807, 2.05) is 37.3 Å². The SMILES string of the molecule is CCOc1ccc2nc3c(c(C(=O)O)c2c1)CC(C)(C)c1cc(-c2ccccc2F)ccc1-3. The number of carboxylic acid groups (broad SMARTS) is 1. The average Bonchev–Trinajstić information content (AvgIpc) is 2.78. The summed E-state index contributed by atoms with van der Waals surface area (Å²) in [5.74, 6) is -0.623. The van der Waals surface area contributed by atoms with E-state index in [1.54, 1.807) is 24.3 Å². The smallest absolute Gasteiger partial charge is 0.336 e. The number of pyridine rings is 1. The number of aromatic nitrogens is 1. The highest BCUT2D eigenvalue weighted by Gasteiger charge is 2.35.